The van der Waals surface area contributed by atoms with Crippen LogP contribution in [0.5, 0.6) is 0 Å². The minimum Gasteiger partial charge on any atom is -0.481 e. The van der Waals surface area contributed by atoms with E-state index in [0.717, 1.165) is 24.1 Å². The molecule has 20 heavy (non-hydrogen) atoms. The predicted octanol–water partition coefficient (Wildman–Crippen LogP) is 1.01. The van der Waals surface area contributed by atoms with E-state index in [-0.39, 0.29) is 12.3 Å². The fourth-order valence-electron chi connectivity index (χ4n) is 2.93. The van der Waals surface area contributed by atoms with Gasteiger partial charge in [-0.25, -0.2) is 9.97 Å². The van der Waals surface area contributed by atoms with Gasteiger partial charge in [-0.2, -0.15) is 0 Å². The number of aromatic nitrogens is 2. The normalized spacial score (nSPS) is 19.9. The van der Waals surface area contributed by atoms with E-state index in [4.69, 9.17) is 0 Å². The molecule has 0 atom stereocenters. The second-order valence-corrected chi connectivity index (χ2v) is 5.68. The van der Waals surface area contributed by atoms with E-state index in [1.165, 1.54) is 6.33 Å². The van der Waals surface area contributed by atoms with Crippen LogP contribution in [0.25, 0.3) is 0 Å². The van der Waals surface area contributed by atoms with Crippen molar-refractivity contribution in [3.63, 3.8) is 0 Å². The molecule has 2 heterocycles. The van der Waals surface area contributed by atoms with Crippen LogP contribution in [-0.2, 0) is 22.6 Å². The number of carbonyl (C=O) groups excluding carboxylic acids is 1. The smallest absolute Gasteiger partial charge is 0.310 e. The van der Waals surface area contributed by atoms with Gasteiger partial charge in [0.25, 0.3) is 0 Å². The largest absolute Gasteiger partial charge is 0.481 e. The average Bonchev–Trinajstić information content (AvgIpc) is 2.41. The highest BCUT2D eigenvalue weighted by Gasteiger charge is 2.46. The van der Waals surface area contributed by atoms with Crippen molar-refractivity contribution in [2.75, 3.05) is 6.54 Å². The maximum absolute atomic E-state index is 12.3. The highest BCUT2D eigenvalue weighted by atomic mass is 16.4. The van der Waals surface area contributed by atoms with Crippen molar-refractivity contribution in [3.05, 3.63) is 23.8 Å². The van der Waals surface area contributed by atoms with Crippen molar-refractivity contribution in [2.45, 2.75) is 38.6 Å². The summed E-state index contributed by atoms with van der Waals surface area (Å²) in [6.07, 6.45) is 6.24. The summed E-state index contributed by atoms with van der Waals surface area (Å²) < 4.78 is 0. The number of aliphatic carboxylic acids is 1. The van der Waals surface area contributed by atoms with Crippen LogP contribution < -0.4 is 0 Å². The Morgan fingerprint density at radius 1 is 1.40 bits per heavy atom. The molecule has 0 aromatic carbocycles. The average molecular weight is 275 g/mol. The van der Waals surface area contributed by atoms with Crippen molar-refractivity contribution in [1.29, 1.82) is 0 Å². The first-order valence-electron chi connectivity index (χ1n) is 6.90. The van der Waals surface area contributed by atoms with Gasteiger partial charge in [0.05, 0.1) is 17.7 Å². The SMILES string of the molecule is O=C(CC1(C(=O)O)CCC1)N1CCc2cncnc2C1. The number of hydrogen-bond acceptors (Lipinski definition) is 4. The maximum Gasteiger partial charge on any atom is 0.310 e. The van der Waals surface area contributed by atoms with Crippen molar-refractivity contribution in [3.8, 4) is 0 Å². The quantitative estimate of drug-likeness (QED) is 0.890. The van der Waals surface area contributed by atoms with E-state index < -0.39 is 11.4 Å². The van der Waals surface area contributed by atoms with Crippen LogP contribution in [0.3, 0.4) is 0 Å². The second kappa shape index (κ2) is 4.85. The summed E-state index contributed by atoms with van der Waals surface area (Å²) in [6.45, 7) is 1.08. The molecule has 1 aromatic rings. The van der Waals surface area contributed by atoms with Gasteiger partial charge in [-0.15, -0.1) is 0 Å². The Morgan fingerprint density at radius 2 is 2.20 bits per heavy atom. The number of rotatable bonds is 3. The molecule has 1 N–H and O–H groups in total. The molecule has 2 aliphatic rings. The Balaban J connectivity index is 1.69. The molecule has 0 bridgehead atoms. The third kappa shape index (κ3) is 2.15. The summed E-state index contributed by atoms with van der Waals surface area (Å²) in [4.78, 5) is 33.6. The summed E-state index contributed by atoms with van der Waals surface area (Å²) in [5.74, 6) is -0.909. The van der Waals surface area contributed by atoms with E-state index in [0.29, 0.717) is 25.9 Å². The van der Waals surface area contributed by atoms with Crippen LogP contribution in [0.2, 0.25) is 0 Å². The number of carboxylic acids is 1. The zero-order chi connectivity index (χ0) is 14.2. The number of amides is 1. The molecule has 0 spiro atoms. The number of carboxylic acid groups (broad SMARTS) is 1. The third-order valence-electron chi connectivity index (χ3n) is 4.48. The van der Waals surface area contributed by atoms with E-state index in [9.17, 15) is 14.7 Å². The lowest BCUT2D eigenvalue weighted by Gasteiger charge is -2.39. The topological polar surface area (TPSA) is 83.4 Å². The minimum absolute atomic E-state index is 0.0728. The van der Waals surface area contributed by atoms with Crippen molar-refractivity contribution >= 4 is 11.9 Å². The number of nitrogens with zero attached hydrogens (tertiary/aromatic N) is 3. The minimum atomic E-state index is -0.836. The van der Waals surface area contributed by atoms with Crippen LogP contribution in [0, 0.1) is 5.41 Å². The van der Waals surface area contributed by atoms with Gasteiger partial charge in [-0.1, -0.05) is 6.42 Å². The standard InChI is InChI=1S/C14H17N3O3/c18-12(6-14(13(19)20)3-1-4-14)17-5-2-10-7-15-9-16-11(10)8-17/h7,9H,1-6,8H2,(H,19,20). The summed E-state index contributed by atoms with van der Waals surface area (Å²) in [5, 5.41) is 9.30. The molecule has 0 radical (unpaired) electrons. The molecule has 1 aliphatic heterocycles. The highest BCUT2D eigenvalue weighted by molar-refractivity contribution is 5.85. The van der Waals surface area contributed by atoms with E-state index in [1.54, 1.807) is 11.1 Å². The second-order valence-electron chi connectivity index (χ2n) is 5.68. The molecular weight excluding hydrogens is 258 g/mol. The lowest BCUT2D eigenvalue weighted by Crippen LogP contribution is -2.45. The van der Waals surface area contributed by atoms with Gasteiger partial charge in [-0.3, -0.25) is 9.59 Å². The molecule has 0 unspecified atom stereocenters. The molecule has 0 saturated heterocycles. The fourth-order valence-corrected chi connectivity index (χ4v) is 2.93. The van der Waals surface area contributed by atoms with Gasteiger partial charge in [-0.05, 0) is 24.8 Å². The lowest BCUT2D eigenvalue weighted by atomic mass is 9.66. The Morgan fingerprint density at radius 3 is 2.85 bits per heavy atom. The van der Waals surface area contributed by atoms with Gasteiger partial charge in [0.2, 0.25) is 5.91 Å². The lowest BCUT2D eigenvalue weighted by molar-refractivity contribution is -0.159. The number of hydrogen-bond donors (Lipinski definition) is 1. The van der Waals surface area contributed by atoms with E-state index >= 15 is 0 Å². The van der Waals surface area contributed by atoms with Crippen LogP contribution >= 0.6 is 0 Å². The van der Waals surface area contributed by atoms with E-state index in [1.807, 2.05) is 0 Å². The first kappa shape index (κ1) is 13.0. The molecule has 6 heteroatoms. The molecular formula is C14H17N3O3. The Bertz CT molecular complexity index is 554. The summed E-state index contributed by atoms with van der Waals surface area (Å²) in [5.41, 5.74) is 1.13. The van der Waals surface area contributed by atoms with Crippen LogP contribution in [0.15, 0.2) is 12.5 Å². The van der Waals surface area contributed by atoms with Crippen LogP contribution in [0.1, 0.15) is 36.9 Å². The fraction of sp³-hybridized carbons (Fsp3) is 0.571. The van der Waals surface area contributed by atoms with Crippen molar-refractivity contribution in [1.82, 2.24) is 14.9 Å². The van der Waals surface area contributed by atoms with E-state index in [2.05, 4.69) is 9.97 Å². The van der Waals surface area contributed by atoms with Gasteiger partial charge in [0.15, 0.2) is 0 Å². The Labute approximate surface area is 116 Å². The zero-order valence-corrected chi connectivity index (χ0v) is 11.2. The molecule has 1 aromatic heterocycles. The predicted molar refractivity (Wildman–Crippen MR) is 69.7 cm³/mol. The molecule has 6 nitrogen and oxygen atoms in total. The molecule has 106 valence electrons. The molecule has 1 amide bonds. The Hall–Kier alpha value is -1.98. The number of carbonyl (C=O) groups is 2. The molecule has 1 aliphatic carbocycles. The first-order valence-corrected chi connectivity index (χ1v) is 6.90. The molecule has 1 saturated carbocycles. The third-order valence-corrected chi connectivity index (χ3v) is 4.48. The van der Waals surface area contributed by atoms with Crippen LogP contribution in [0.4, 0.5) is 0 Å². The van der Waals surface area contributed by atoms with Crippen LogP contribution in [-0.4, -0.2) is 38.4 Å². The highest BCUT2D eigenvalue weighted by Crippen LogP contribution is 2.44. The summed E-state index contributed by atoms with van der Waals surface area (Å²) in [6, 6.07) is 0. The van der Waals surface area contributed by atoms with Gasteiger partial charge in [0, 0.05) is 19.2 Å². The monoisotopic (exact) mass is 275 g/mol. The Kier molecular flexibility index (Phi) is 3.16. The summed E-state index contributed by atoms with van der Waals surface area (Å²) >= 11 is 0. The van der Waals surface area contributed by atoms with Gasteiger partial charge < -0.3 is 10.0 Å². The summed E-state index contributed by atoms with van der Waals surface area (Å²) in [7, 11) is 0. The van der Waals surface area contributed by atoms with Gasteiger partial charge >= 0.3 is 5.97 Å². The first-order chi connectivity index (χ1) is 9.61. The zero-order valence-electron chi connectivity index (χ0n) is 11.2. The van der Waals surface area contributed by atoms with Crippen molar-refractivity contribution in [2.24, 2.45) is 5.41 Å². The van der Waals surface area contributed by atoms with Gasteiger partial charge in [0.1, 0.15) is 6.33 Å². The molecule has 3 rings (SSSR count). The maximum atomic E-state index is 12.3. The number of fused-ring (bicyclic) bond motifs is 1. The van der Waals surface area contributed by atoms with Crippen molar-refractivity contribution < 1.29 is 14.7 Å². The molecule has 1 fully saturated rings.